The maximum Gasteiger partial charge on any atom is 0.307 e. The van der Waals surface area contributed by atoms with Crippen molar-refractivity contribution in [2.75, 3.05) is 7.11 Å². The van der Waals surface area contributed by atoms with Gasteiger partial charge in [-0.15, -0.1) is 0 Å². The Morgan fingerprint density at radius 2 is 1.90 bits per heavy atom. The number of esters is 1. The summed E-state index contributed by atoms with van der Waals surface area (Å²) in [7, 11) is 1.32. The predicted octanol–water partition coefficient (Wildman–Crippen LogP) is 3.56. The summed E-state index contributed by atoms with van der Waals surface area (Å²) >= 11 is 0. The first-order chi connectivity index (χ1) is 14.5. The van der Waals surface area contributed by atoms with Gasteiger partial charge in [-0.05, 0) is 49.3 Å². The molecule has 160 valence electrons. The van der Waals surface area contributed by atoms with Crippen molar-refractivity contribution < 1.29 is 14.3 Å². The van der Waals surface area contributed by atoms with Gasteiger partial charge in [0, 0.05) is 12.2 Å². The summed E-state index contributed by atoms with van der Waals surface area (Å²) in [5.74, 6) is -0.869. The molecule has 1 unspecified atom stereocenters. The molecule has 30 heavy (non-hydrogen) atoms. The Morgan fingerprint density at radius 3 is 2.60 bits per heavy atom. The normalized spacial score (nSPS) is 13.9. The minimum atomic E-state index is -0.564. The number of hydrogen-bond acceptors (Lipinski definition) is 4. The second kappa shape index (κ2) is 10.2. The number of carbonyl (C=O) groups is 2. The smallest absolute Gasteiger partial charge is 0.307 e. The second-order valence-electron chi connectivity index (χ2n) is 7.76. The number of carbonyl (C=O) groups excluding carboxylic acids is 2. The Hall–Kier alpha value is -2.89. The highest BCUT2D eigenvalue weighted by Gasteiger charge is 2.24. The number of unbranched alkanes of at least 4 members (excludes halogenated alkanes) is 1. The minimum absolute atomic E-state index is 0.00121. The van der Waals surface area contributed by atoms with Crippen LogP contribution in [0.1, 0.15) is 72.2 Å². The van der Waals surface area contributed by atoms with E-state index >= 15 is 0 Å². The zero-order valence-electron chi connectivity index (χ0n) is 17.8. The number of amides is 1. The molecule has 1 aromatic carbocycles. The number of nitrogens with one attached hydrogen (secondary N) is 1. The minimum Gasteiger partial charge on any atom is -0.469 e. The molecule has 1 N–H and O–H groups in total. The lowest BCUT2D eigenvalue weighted by Crippen LogP contribution is -2.38. The van der Waals surface area contributed by atoms with Crippen LogP contribution < -0.4 is 10.9 Å². The fraction of sp³-hybridized carbons (Fsp3) is 0.458. The van der Waals surface area contributed by atoms with Crippen LogP contribution in [0.2, 0.25) is 0 Å². The first-order valence-corrected chi connectivity index (χ1v) is 10.7. The zero-order chi connectivity index (χ0) is 21.5. The van der Waals surface area contributed by atoms with Gasteiger partial charge in [0.25, 0.3) is 11.5 Å². The Kier molecular flexibility index (Phi) is 7.44. The Balaban J connectivity index is 1.94. The van der Waals surface area contributed by atoms with E-state index in [4.69, 9.17) is 4.74 Å². The number of aryl methyl sites for hydroxylation is 1. The summed E-state index contributed by atoms with van der Waals surface area (Å²) in [5.41, 5.74) is 2.86. The molecule has 0 fully saturated rings. The van der Waals surface area contributed by atoms with Gasteiger partial charge in [-0.1, -0.05) is 43.7 Å². The molecular weight excluding hydrogens is 380 g/mol. The van der Waals surface area contributed by atoms with E-state index in [0.29, 0.717) is 6.54 Å². The monoisotopic (exact) mass is 410 g/mol. The molecule has 2 aromatic rings. The van der Waals surface area contributed by atoms with Gasteiger partial charge in [-0.25, -0.2) is 0 Å². The Morgan fingerprint density at radius 1 is 1.17 bits per heavy atom. The number of ether oxygens (including phenoxy) is 1. The SMILES string of the molecule is CCCCn1c2c(cc(C(=O)NC(CC(=O)OC)c3ccccc3)c1=O)CCCC2. The molecule has 0 spiro atoms. The number of methoxy groups -OCH3 is 1. The highest BCUT2D eigenvalue weighted by Crippen LogP contribution is 2.22. The highest BCUT2D eigenvalue weighted by molar-refractivity contribution is 5.94. The Labute approximate surface area is 177 Å². The Bertz CT molecular complexity index is 950. The van der Waals surface area contributed by atoms with E-state index in [9.17, 15) is 14.4 Å². The van der Waals surface area contributed by atoms with Gasteiger partial charge in [0.2, 0.25) is 0 Å². The summed E-state index contributed by atoms with van der Waals surface area (Å²) in [6, 6.07) is 10.5. The van der Waals surface area contributed by atoms with Crippen LogP contribution in [0.3, 0.4) is 0 Å². The van der Waals surface area contributed by atoms with Crippen molar-refractivity contribution in [3.63, 3.8) is 0 Å². The summed E-state index contributed by atoms with van der Waals surface area (Å²) in [4.78, 5) is 38.3. The first kappa shape index (κ1) is 21.8. The van der Waals surface area contributed by atoms with E-state index in [0.717, 1.165) is 55.3 Å². The van der Waals surface area contributed by atoms with E-state index in [1.807, 2.05) is 30.3 Å². The predicted molar refractivity (Wildman–Crippen MR) is 116 cm³/mol. The van der Waals surface area contributed by atoms with Crippen LogP contribution in [0.4, 0.5) is 0 Å². The summed E-state index contributed by atoms with van der Waals surface area (Å²) in [6.07, 6.45) is 5.77. The third kappa shape index (κ3) is 4.99. The fourth-order valence-electron chi connectivity index (χ4n) is 4.02. The van der Waals surface area contributed by atoms with Crippen molar-refractivity contribution in [1.29, 1.82) is 0 Å². The van der Waals surface area contributed by atoms with Crippen molar-refractivity contribution in [3.8, 4) is 0 Å². The highest BCUT2D eigenvalue weighted by atomic mass is 16.5. The number of hydrogen-bond donors (Lipinski definition) is 1. The maximum absolute atomic E-state index is 13.2. The van der Waals surface area contributed by atoms with Gasteiger partial charge in [0.1, 0.15) is 5.56 Å². The molecule has 1 aromatic heterocycles. The van der Waals surface area contributed by atoms with E-state index < -0.39 is 17.9 Å². The quantitative estimate of drug-likeness (QED) is 0.675. The number of benzene rings is 1. The van der Waals surface area contributed by atoms with Crippen LogP contribution in [0.5, 0.6) is 0 Å². The van der Waals surface area contributed by atoms with Crippen molar-refractivity contribution in [3.05, 3.63) is 69.1 Å². The second-order valence-corrected chi connectivity index (χ2v) is 7.76. The number of fused-ring (bicyclic) bond motifs is 1. The van der Waals surface area contributed by atoms with Crippen LogP contribution in [0.25, 0.3) is 0 Å². The summed E-state index contributed by atoms with van der Waals surface area (Å²) in [6.45, 7) is 2.72. The van der Waals surface area contributed by atoms with Crippen molar-refractivity contribution in [2.24, 2.45) is 0 Å². The third-order valence-corrected chi connectivity index (χ3v) is 5.69. The van der Waals surface area contributed by atoms with Crippen molar-refractivity contribution in [1.82, 2.24) is 9.88 Å². The van der Waals surface area contributed by atoms with Gasteiger partial charge in [0.15, 0.2) is 0 Å². The first-order valence-electron chi connectivity index (χ1n) is 10.7. The molecule has 0 bridgehead atoms. The number of nitrogens with zero attached hydrogens (tertiary/aromatic N) is 1. The van der Waals surface area contributed by atoms with Gasteiger partial charge >= 0.3 is 5.97 Å². The molecule has 6 heteroatoms. The van der Waals surface area contributed by atoms with Gasteiger partial charge in [0.05, 0.1) is 19.6 Å². The average Bonchev–Trinajstić information content (AvgIpc) is 2.78. The lowest BCUT2D eigenvalue weighted by Gasteiger charge is -2.23. The molecule has 1 aliphatic rings. The molecule has 1 heterocycles. The van der Waals surface area contributed by atoms with E-state index in [2.05, 4.69) is 12.2 Å². The largest absolute Gasteiger partial charge is 0.469 e. The number of aromatic nitrogens is 1. The third-order valence-electron chi connectivity index (χ3n) is 5.69. The van der Waals surface area contributed by atoms with Crippen LogP contribution in [0, 0.1) is 0 Å². The lowest BCUT2D eigenvalue weighted by molar-refractivity contribution is -0.141. The van der Waals surface area contributed by atoms with Gasteiger partial charge < -0.3 is 14.6 Å². The topological polar surface area (TPSA) is 77.4 Å². The zero-order valence-corrected chi connectivity index (χ0v) is 17.8. The lowest BCUT2D eigenvalue weighted by atomic mass is 9.94. The number of pyridine rings is 1. The summed E-state index contributed by atoms with van der Waals surface area (Å²) < 4.78 is 6.59. The van der Waals surface area contributed by atoms with E-state index in [-0.39, 0.29) is 17.5 Å². The maximum atomic E-state index is 13.2. The molecular formula is C24H30N2O4. The molecule has 0 aliphatic heterocycles. The van der Waals surface area contributed by atoms with Crippen LogP contribution in [0.15, 0.2) is 41.2 Å². The molecule has 1 amide bonds. The molecule has 0 saturated heterocycles. The fourth-order valence-corrected chi connectivity index (χ4v) is 4.02. The average molecular weight is 411 g/mol. The van der Waals surface area contributed by atoms with Crippen LogP contribution >= 0.6 is 0 Å². The molecule has 1 atom stereocenters. The van der Waals surface area contributed by atoms with Crippen molar-refractivity contribution in [2.45, 2.75) is 64.5 Å². The van der Waals surface area contributed by atoms with Crippen molar-refractivity contribution >= 4 is 11.9 Å². The van der Waals surface area contributed by atoms with E-state index in [1.54, 1.807) is 10.6 Å². The van der Waals surface area contributed by atoms with Gasteiger partial charge in [-0.3, -0.25) is 14.4 Å². The standard InChI is InChI=1S/C24H30N2O4/c1-3-4-14-26-21-13-9-8-12-18(21)15-19(24(26)29)23(28)25-20(16-22(27)30-2)17-10-6-5-7-11-17/h5-7,10-11,15,20H,3-4,8-9,12-14,16H2,1-2H3,(H,25,28). The molecule has 6 nitrogen and oxygen atoms in total. The van der Waals surface area contributed by atoms with Crippen LogP contribution in [-0.2, 0) is 28.9 Å². The summed E-state index contributed by atoms with van der Waals surface area (Å²) in [5, 5.41) is 2.89. The number of rotatable bonds is 8. The molecule has 3 rings (SSSR count). The molecule has 0 saturated carbocycles. The van der Waals surface area contributed by atoms with E-state index in [1.165, 1.54) is 7.11 Å². The van der Waals surface area contributed by atoms with Crippen LogP contribution in [-0.4, -0.2) is 23.6 Å². The molecule has 0 radical (unpaired) electrons. The molecule has 1 aliphatic carbocycles. The van der Waals surface area contributed by atoms with Gasteiger partial charge in [-0.2, -0.15) is 0 Å².